The molecule has 3 aromatic rings. The number of aromatic nitrogens is 3. The van der Waals surface area contributed by atoms with E-state index in [4.69, 9.17) is 5.11 Å². The quantitative estimate of drug-likeness (QED) is 0.665. The van der Waals surface area contributed by atoms with Gasteiger partial charge in [0.25, 0.3) is 0 Å². The van der Waals surface area contributed by atoms with Crippen LogP contribution >= 0.6 is 27.5 Å². The van der Waals surface area contributed by atoms with Crippen molar-refractivity contribution in [1.82, 2.24) is 14.2 Å². The summed E-state index contributed by atoms with van der Waals surface area (Å²) in [6.45, 7) is 2.06. The van der Waals surface area contributed by atoms with E-state index >= 15 is 0 Å². The zero-order chi connectivity index (χ0) is 17.7. The van der Waals surface area contributed by atoms with E-state index in [0.717, 1.165) is 21.1 Å². The normalized spacial score (nSPS) is 19.1. The van der Waals surface area contributed by atoms with Crippen LogP contribution in [0.2, 0.25) is 0 Å². The van der Waals surface area contributed by atoms with Crippen molar-refractivity contribution in [3.63, 3.8) is 0 Å². The first kappa shape index (κ1) is 16.2. The minimum absolute atomic E-state index is 0.0292. The summed E-state index contributed by atoms with van der Waals surface area (Å²) in [6, 6.07) is 5.32. The molecular formula is C16H13BrN4O3S. The molecule has 25 heavy (non-hydrogen) atoms. The fourth-order valence-corrected chi connectivity index (χ4v) is 4.21. The van der Waals surface area contributed by atoms with E-state index in [2.05, 4.69) is 37.6 Å². The summed E-state index contributed by atoms with van der Waals surface area (Å²) in [5.41, 5.74) is 2.04. The van der Waals surface area contributed by atoms with E-state index < -0.39 is 6.09 Å². The van der Waals surface area contributed by atoms with Crippen LogP contribution in [0.5, 0.6) is 0 Å². The Labute approximate surface area is 154 Å². The van der Waals surface area contributed by atoms with Crippen LogP contribution in [0.25, 0.3) is 22.2 Å². The monoisotopic (exact) mass is 420 g/mol. The lowest BCUT2D eigenvalue weighted by molar-refractivity contribution is -0.117. The molecule has 0 saturated heterocycles. The molecule has 1 aliphatic rings. The van der Waals surface area contributed by atoms with Gasteiger partial charge in [-0.25, -0.2) is 4.79 Å². The van der Waals surface area contributed by atoms with Gasteiger partial charge in [0.1, 0.15) is 10.7 Å². The largest absolute Gasteiger partial charge is 0.463 e. The summed E-state index contributed by atoms with van der Waals surface area (Å²) < 4.78 is 6.08. The highest BCUT2D eigenvalue weighted by atomic mass is 79.9. The van der Waals surface area contributed by atoms with Gasteiger partial charge in [0, 0.05) is 16.9 Å². The van der Waals surface area contributed by atoms with E-state index in [1.54, 1.807) is 12.1 Å². The van der Waals surface area contributed by atoms with Crippen LogP contribution in [0, 0.1) is 11.8 Å². The van der Waals surface area contributed by atoms with Gasteiger partial charge in [-0.2, -0.15) is 14.2 Å². The van der Waals surface area contributed by atoms with Crippen LogP contribution in [-0.2, 0) is 4.79 Å². The average molecular weight is 421 g/mol. The Kier molecular flexibility index (Phi) is 3.84. The lowest BCUT2D eigenvalue weighted by Gasteiger charge is -2.03. The predicted molar refractivity (Wildman–Crippen MR) is 97.9 cm³/mol. The summed E-state index contributed by atoms with van der Waals surface area (Å²) in [5.74, 6) is 0.566. The van der Waals surface area contributed by atoms with Gasteiger partial charge in [-0.1, -0.05) is 13.0 Å². The number of nitrogens with zero attached hydrogens (tertiary/aromatic N) is 3. The molecule has 0 radical (unpaired) electrons. The van der Waals surface area contributed by atoms with E-state index in [0.29, 0.717) is 27.5 Å². The molecule has 1 aromatic carbocycles. The average Bonchev–Trinajstić information content (AvgIpc) is 3.01. The van der Waals surface area contributed by atoms with Crippen molar-refractivity contribution in [2.45, 2.75) is 13.3 Å². The third kappa shape index (κ3) is 2.83. The maximum atomic E-state index is 12.1. The predicted octanol–water partition coefficient (Wildman–Crippen LogP) is 4.04. The number of rotatable bonds is 3. The number of halogens is 1. The van der Waals surface area contributed by atoms with Crippen LogP contribution < -0.4 is 5.32 Å². The fourth-order valence-electron chi connectivity index (χ4n) is 2.76. The van der Waals surface area contributed by atoms with Crippen molar-refractivity contribution in [2.24, 2.45) is 11.8 Å². The molecule has 2 N–H and O–H groups in total. The lowest BCUT2D eigenvalue weighted by Crippen LogP contribution is -2.13. The summed E-state index contributed by atoms with van der Waals surface area (Å²) >= 11 is 4.73. The highest BCUT2D eigenvalue weighted by Gasteiger charge is 2.39. The molecule has 0 unspecified atom stereocenters. The Morgan fingerprint density at radius 1 is 1.44 bits per heavy atom. The maximum absolute atomic E-state index is 12.1. The molecule has 4 rings (SSSR count). The van der Waals surface area contributed by atoms with E-state index in [1.165, 1.54) is 17.7 Å². The molecule has 0 aliphatic heterocycles. The molecule has 7 nitrogen and oxygen atoms in total. The van der Waals surface area contributed by atoms with Crippen LogP contribution in [-0.4, -0.2) is 31.3 Å². The van der Waals surface area contributed by atoms with E-state index in [-0.39, 0.29) is 11.8 Å². The van der Waals surface area contributed by atoms with Gasteiger partial charge in [-0.15, -0.1) is 0 Å². The first-order chi connectivity index (χ1) is 12.0. The number of nitrogens with one attached hydrogen (secondary N) is 1. The van der Waals surface area contributed by atoms with Gasteiger partial charge in [-0.3, -0.25) is 4.79 Å². The van der Waals surface area contributed by atoms with Crippen LogP contribution in [0.15, 0.2) is 28.9 Å². The maximum Gasteiger partial charge on any atom is 0.432 e. The number of fused-ring (bicyclic) bond motifs is 1. The number of hydrogen-bond donors (Lipinski definition) is 2. The Bertz CT molecular complexity index is 1010. The zero-order valence-electron chi connectivity index (χ0n) is 13.1. The molecule has 128 valence electrons. The second kappa shape index (κ2) is 5.92. The smallest absolute Gasteiger partial charge is 0.432 e. The van der Waals surface area contributed by atoms with Gasteiger partial charge in [0.2, 0.25) is 5.91 Å². The number of benzene rings is 1. The number of amides is 1. The molecule has 2 atom stereocenters. The Morgan fingerprint density at radius 2 is 2.20 bits per heavy atom. The van der Waals surface area contributed by atoms with Crippen LogP contribution in [0.4, 0.5) is 9.80 Å². The lowest BCUT2D eigenvalue weighted by atomic mass is 10.1. The minimum Gasteiger partial charge on any atom is -0.463 e. The number of hydrogen-bond acceptors (Lipinski definition) is 5. The highest BCUT2D eigenvalue weighted by molar-refractivity contribution is 9.10. The van der Waals surface area contributed by atoms with Gasteiger partial charge in [0.05, 0.1) is 16.2 Å². The van der Waals surface area contributed by atoms with Crippen molar-refractivity contribution in [3.8, 4) is 11.3 Å². The Morgan fingerprint density at radius 3 is 2.88 bits per heavy atom. The molecule has 0 bridgehead atoms. The van der Waals surface area contributed by atoms with Crippen molar-refractivity contribution < 1.29 is 14.7 Å². The first-order valence-electron chi connectivity index (χ1n) is 7.63. The van der Waals surface area contributed by atoms with Gasteiger partial charge >= 0.3 is 6.09 Å². The summed E-state index contributed by atoms with van der Waals surface area (Å²) in [7, 11) is 0. The standard InChI is InChI=1S/C16H13BrN4O3S/c1-7-4-10(7)14(22)19-15-12(17)13(20-25-15)8-2-3-11-9(5-8)6-18-21(11)16(23)24/h2-3,5-7,10H,4H2,1H3,(H,19,22)(H,23,24)/t7-,10-/m1/s1. The molecule has 1 aliphatic carbocycles. The van der Waals surface area contributed by atoms with E-state index in [9.17, 15) is 9.59 Å². The molecule has 9 heteroatoms. The third-order valence-corrected chi connectivity index (χ3v) is 6.14. The molecule has 2 heterocycles. The van der Waals surface area contributed by atoms with Crippen molar-refractivity contribution >= 4 is 55.4 Å². The van der Waals surface area contributed by atoms with Gasteiger partial charge < -0.3 is 10.4 Å². The number of carboxylic acid groups (broad SMARTS) is 1. The Balaban J connectivity index is 1.65. The third-order valence-electron chi connectivity index (χ3n) is 4.34. The van der Waals surface area contributed by atoms with Crippen molar-refractivity contribution in [1.29, 1.82) is 0 Å². The molecule has 1 amide bonds. The zero-order valence-corrected chi connectivity index (χ0v) is 15.5. The van der Waals surface area contributed by atoms with Gasteiger partial charge in [-0.05, 0) is 51.9 Å². The van der Waals surface area contributed by atoms with Crippen LogP contribution in [0.3, 0.4) is 0 Å². The molecule has 0 spiro atoms. The topological polar surface area (TPSA) is 97.1 Å². The fraction of sp³-hybridized carbons (Fsp3) is 0.250. The van der Waals surface area contributed by atoms with E-state index in [1.807, 2.05) is 6.07 Å². The highest BCUT2D eigenvalue weighted by Crippen LogP contribution is 2.41. The van der Waals surface area contributed by atoms with Crippen LogP contribution in [0.1, 0.15) is 13.3 Å². The summed E-state index contributed by atoms with van der Waals surface area (Å²) in [5, 5.41) is 17.3. The summed E-state index contributed by atoms with van der Waals surface area (Å²) in [4.78, 5) is 23.2. The number of carbonyl (C=O) groups excluding carboxylic acids is 1. The Hall–Kier alpha value is -2.26. The van der Waals surface area contributed by atoms with Gasteiger partial charge in [0.15, 0.2) is 0 Å². The number of anilines is 1. The molecule has 1 saturated carbocycles. The summed E-state index contributed by atoms with van der Waals surface area (Å²) in [6.07, 6.45) is 1.31. The number of carbonyl (C=O) groups is 2. The molecule has 1 fully saturated rings. The second-order valence-corrected chi connectivity index (χ2v) is 7.66. The first-order valence-corrected chi connectivity index (χ1v) is 9.20. The SMILES string of the molecule is C[C@@H]1C[C@H]1C(=O)Nc1snc(-c2ccc3c(cnn3C(=O)O)c2)c1Br. The molecular weight excluding hydrogens is 408 g/mol. The molecule has 2 aromatic heterocycles. The minimum atomic E-state index is -1.13. The second-order valence-electron chi connectivity index (χ2n) is 6.10. The van der Waals surface area contributed by atoms with Crippen molar-refractivity contribution in [2.75, 3.05) is 5.32 Å². The van der Waals surface area contributed by atoms with Crippen molar-refractivity contribution in [3.05, 3.63) is 28.9 Å².